The second-order valence-electron chi connectivity index (χ2n) is 5.20. The molecule has 2 unspecified atom stereocenters. The minimum atomic E-state index is -3.75. The first-order valence-electron chi connectivity index (χ1n) is 6.74. The molecule has 0 radical (unpaired) electrons. The second-order valence-corrected chi connectivity index (χ2v) is 8.91. The summed E-state index contributed by atoms with van der Waals surface area (Å²) in [6.07, 6.45) is 5.50. The van der Waals surface area contributed by atoms with Gasteiger partial charge >= 0.3 is 0 Å². The molecular formula is C13H18ClNO3S2. The maximum absolute atomic E-state index is 12.1. The van der Waals surface area contributed by atoms with Gasteiger partial charge in [0.25, 0.3) is 15.0 Å². The number of amides is 1. The first-order chi connectivity index (χ1) is 9.40. The van der Waals surface area contributed by atoms with E-state index in [9.17, 15) is 13.2 Å². The maximum Gasteiger partial charge on any atom is 0.270 e. The Labute approximate surface area is 127 Å². The van der Waals surface area contributed by atoms with Crippen LogP contribution in [-0.4, -0.2) is 20.4 Å². The van der Waals surface area contributed by atoms with Gasteiger partial charge in [0, 0.05) is 22.1 Å². The van der Waals surface area contributed by atoms with Crippen LogP contribution >= 0.6 is 22.0 Å². The van der Waals surface area contributed by atoms with Crippen LogP contribution in [0.5, 0.6) is 0 Å². The molecule has 1 amide bonds. The Kier molecular flexibility index (Phi) is 5.09. The summed E-state index contributed by atoms with van der Waals surface area (Å²) < 4.78 is 22.4. The third-order valence-electron chi connectivity index (χ3n) is 3.77. The van der Waals surface area contributed by atoms with Gasteiger partial charge in [-0.2, -0.15) is 0 Å². The van der Waals surface area contributed by atoms with Crippen LogP contribution in [0.1, 0.15) is 49.4 Å². The molecule has 7 heteroatoms. The van der Waals surface area contributed by atoms with Gasteiger partial charge in [0.15, 0.2) is 0 Å². The summed E-state index contributed by atoms with van der Waals surface area (Å²) in [4.78, 5) is 12.1. The van der Waals surface area contributed by atoms with E-state index >= 15 is 0 Å². The maximum atomic E-state index is 12.1. The number of thiophene rings is 1. The lowest BCUT2D eigenvalue weighted by Gasteiger charge is -2.28. The van der Waals surface area contributed by atoms with E-state index in [1.165, 1.54) is 17.9 Å². The van der Waals surface area contributed by atoms with Crippen molar-refractivity contribution in [3.8, 4) is 0 Å². The molecule has 1 N–H and O–H groups in total. The fraction of sp³-hybridized carbons (Fsp3) is 0.615. The zero-order valence-electron chi connectivity index (χ0n) is 11.3. The molecule has 0 aromatic carbocycles. The standard InChI is InChI=1S/C13H18ClNO3S2/c1-2-9-4-3-5-11(6-9)15-13(16)10-7-12(19-8-10)20(14,17)18/h7-9,11H,2-6H2,1H3,(H,15,16). The van der Waals surface area contributed by atoms with Gasteiger partial charge in [-0.05, 0) is 24.8 Å². The van der Waals surface area contributed by atoms with Crippen LogP contribution in [-0.2, 0) is 9.05 Å². The van der Waals surface area contributed by atoms with Crippen LogP contribution < -0.4 is 5.32 Å². The van der Waals surface area contributed by atoms with Crippen molar-refractivity contribution in [1.82, 2.24) is 5.32 Å². The number of rotatable bonds is 4. The molecule has 0 spiro atoms. The molecule has 2 atom stereocenters. The van der Waals surface area contributed by atoms with E-state index in [2.05, 4.69) is 12.2 Å². The number of hydrogen-bond donors (Lipinski definition) is 1. The summed E-state index contributed by atoms with van der Waals surface area (Å²) >= 11 is 0.971. The molecule has 1 aromatic heterocycles. The lowest BCUT2D eigenvalue weighted by Crippen LogP contribution is -2.38. The van der Waals surface area contributed by atoms with Gasteiger partial charge in [-0.15, -0.1) is 11.3 Å². The van der Waals surface area contributed by atoms with Crippen LogP contribution in [0.2, 0.25) is 0 Å². The Hall–Kier alpha value is -0.590. The number of carbonyl (C=O) groups is 1. The molecule has 0 bridgehead atoms. The minimum absolute atomic E-state index is 0.0133. The summed E-state index contributed by atoms with van der Waals surface area (Å²) in [5.41, 5.74) is 0.368. The van der Waals surface area contributed by atoms with Crippen molar-refractivity contribution >= 4 is 37.0 Å². The number of hydrogen-bond acceptors (Lipinski definition) is 4. The van der Waals surface area contributed by atoms with E-state index in [1.54, 1.807) is 0 Å². The van der Waals surface area contributed by atoms with E-state index in [4.69, 9.17) is 10.7 Å². The average molecular weight is 336 g/mol. The van der Waals surface area contributed by atoms with Crippen molar-refractivity contribution in [2.75, 3.05) is 0 Å². The first kappa shape index (κ1) is 15.8. The molecule has 1 aromatic rings. The van der Waals surface area contributed by atoms with Crippen LogP contribution in [0, 0.1) is 5.92 Å². The van der Waals surface area contributed by atoms with Crippen molar-refractivity contribution in [2.24, 2.45) is 5.92 Å². The molecule has 1 aliphatic rings. The summed E-state index contributed by atoms with van der Waals surface area (Å²) in [6.45, 7) is 2.17. The largest absolute Gasteiger partial charge is 0.349 e. The molecule has 0 saturated heterocycles. The molecule has 1 heterocycles. The van der Waals surface area contributed by atoms with Crippen molar-refractivity contribution in [1.29, 1.82) is 0 Å². The Morgan fingerprint density at radius 3 is 2.85 bits per heavy atom. The zero-order chi connectivity index (χ0) is 14.8. The zero-order valence-corrected chi connectivity index (χ0v) is 13.7. The van der Waals surface area contributed by atoms with E-state index in [0.29, 0.717) is 11.5 Å². The summed E-state index contributed by atoms with van der Waals surface area (Å²) in [6, 6.07) is 1.53. The second kappa shape index (κ2) is 6.45. The molecule has 4 nitrogen and oxygen atoms in total. The molecule has 0 aliphatic heterocycles. The van der Waals surface area contributed by atoms with Gasteiger partial charge in [0.2, 0.25) is 0 Å². The Bertz CT molecular complexity index is 582. The normalized spacial score (nSPS) is 23.5. The van der Waals surface area contributed by atoms with Crippen molar-refractivity contribution < 1.29 is 13.2 Å². The highest BCUT2D eigenvalue weighted by atomic mass is 35.7. The van der Waals surface area contributed by atoms with Crippen LogP contribution in [0.4, 0.5) is 0 Å². The monoisotopic (exact) mass is 335 g/mol. The fourth-order valence-electron chi connectivity index (χ4n) is 2.63. The summed E-state index contributed by atoms with van der Waals surface area (Å²) in [7, 11) is 1.51. The van der Waals surface area contributed by atoms with Gasteiger partial charge < -0.3 is 5.32 Å². The first-order valence-corrected chi connectivity index (χ1v) is 9.93. The van der Waals surface area contributed by atoms with Crippen LogP contribution in [0.15, 0.2) is 15.7 Å². The SMILES string of the molecule is CCC1CCCC(NC(=O)c2csc(S(=O)(=O)Cl)c2)C1. The van der Waals surface area contributed by atoms with Gasteiger partial charge in [-0.3, -0.25) is 4.79 Å². The van der Waals surface area contributed by atoms with Gasteiger partial charge in [-0.25, -0.2) is 8.42 Å². The van der Waals surface area contributed by atoms with E-state index < -0.39 is 9.05 Å². The lowest BCUT2D eigenvalue weighted by molar-refractivity contribution is 0.0919. The van der Waals surface area contributed by atoms with Crippen LogP contribution in [0.25, 0.3) is 0 Å². The topological polar surface area (TPSA) is 63.2 Å². The van der Waals surface area contributed by atoms with Crippen molar-refractivity contribution in [3.05, 3.63) is 17.0 Å². The molecule has 2 rings (SSSR count). The summed E-state index contributed by atoms with van der Waals surface area (Å²) in [5, 5.41) is 4.53. The number of halogens is 1. The third kappa shape index (κ3) is 3.96. The minimum Gasteiger partial charge on any atom is -0.349 e. The third-order valence-corrected chi connectivity index (χ3v) is 6.81. The highest BCUT2D eigenvalue weighted by Crippen LogP contribution is 2.27. The van der Waals surface area contributed by atoms with Crippen molar-refractivity contribution in [3.63, 3.8) is 0 Å². The van der Waals surface area contributed by atoms with Gasteiger partial charge in [-0.1, -0.05) is 26.2 Å². The van der Waals surface area contributed by atoms with Crippen LogP contribution in [0.3, 0.4) is 0 Å². The molecular weight excluding hydrogens is 318 g/mol. The number of carbonyl (C=O) groups excluding carboxylic acids is 1. The van der Waals surface area contributed by atoms with Crippen molar-refractivity contribution in [2.45, 2.75) is 49.3 Å². The predicted molar refractivity (Wildman–Crippen MR) is 80.9 cm³/mol. The number of nitrogens with one attached hydrogen (secondary N) is 1. The molecule has 112 valence electrons. The molecule has 1 saturated carbocycles. The predicted octanol–water partition coefficient (Wildman–Crippen LogP) is 3.37. The lowest BCUT2D eigenvalue weighted by atomic mass is 9.84. The van der Waals surface area contributed by atoms with E-state index in [0.717, 1.165) is 37.0 Å². The highest BCUT2D eigenvalue weighted by molar-refractivity contribution is 8.15. The summed E-state index contributed by atoms with van der Waals surface area (Å²) in [5.74, 6) is 0.463. The van der Waals surface area contributed by atoms with Gasteiger partial charge in [0.05, 0.1) is 5.56 Å². The fourth-order valence-corrected chi connectivity index (χ4v) is 4.57. The molecule has 20 heavy (non-hydrogen) atoms. The highest BCUT2D eigenvalue weighted by Gasteiger charge is 2.23. The smallest absolute Gasteiger partial charge is 0.270 e. The van der Waals surface area contributed by atoms with E-state index in [-0.39, 0.29) is 16.2 Å². The van der Waals surface area contributed by atoms with Gasteiger partial charge in [0.1, 0.15) is 4.21 Å². The Morgan fingerprint density at radius 1 is 1.50 bits per heavy atom. The quantitative estimate of drug-likeness (QED) is 0.858. The average Bonchev–Trinajstić information content (AvgIpc) is 2.88. The molecule has 1 fully saturated rings. The van der Waals surface area contributed by atoms with E-state index in [1.807, 2.05) is 0 Å². The molecule has 1 aliphatic carbocycles. The Morgan fingerprint density at radius 2 is 2.25 bits per heavy atom. The Balaban J connectivity index is 2.00.